The molecule has 1 aliphatic rings. The molecular formula is C9H15N3S. The fourth-order valence-corrected chi connectivity index (χ4v) is 2.60. The highest BCUT2D eigenvalue weighted by Gasteiger charge is 2.14. The molecule has 4 heteroatoms. The number of nitrogens with zero attached hydrogens (tertiary/aromatic N) is 2. The normalized spacial score (nSPS) is 22.4. The minimum absolute atomic E-state index is 0.696. The van der Waals surface area contributed by atoms with Crippen LogP contribution in [0.5, 0.6) is 0 Å². The second kappa shape index (κ2) is 4.15. The maximum atomic E-state index is 4.27. The summed E-state index contributed by atoms with van der Waals surface area (Å²) in [5.41, 5.74) is 0. The van der Waals surface area contributed by atoms with Crippen LogP contribution in [0.2, 0.25) is 0 Å². The number of rotatable bonds is 3. The maximum Gasteiger partial charge on any atom is 0.167 e. The monoisotopic (exact) mass is 197 g/mol. The molecule has 0 aromatic carbocycles. The largest absolute Gasteiger partial charge is 0.329 e. The summed E-state index contributed by atoms with van der Waals surface area (Å²) in [5, 5.41) is 4.60. The lowest BCUT2D eigenvalue weighted by Crippen LogP contribution is -2.23. The van der Waals surface area contributed by atoms with Crippen molar-refractivity contribution in [2.24, 2.45) is 7.05 Å². The fourth-order valence-electron chi connectivity index (χ4n) is 1.57. The van der Waals surface area contributed by atoms with E-state index in [1.807, 2.05) is 31.2 Å². The van der Waals surface area contributed by atoms with Crippen molar-refractivity contribution in [1.82, 2.24) is 14.9 Å². The van der Waals surface area contributed by atoms with Gasteiger partial charge in [0, 0.05) is 31.2 Å². The first kappa shape index (κ1) is 9.09. The maximum absolute atomic E-state index is 4.27. The van der Waals surface area contributed by atoms with Crippen LogP contribution in [0.15, 0.2) is 17.6 Å². The van der Waals surface area contributed by atoms with Gasteiger partial charge in [0.1, 0.15) is 0 Å². The van der Waals surface area contributed by atoms with Crippen LogP contribution in [0.3, 0.4) is 0 Å². The van der Waals surface area contributed by atoms with Crippen molar-refractivity contribution in [3.63, 3.8) is 0 Å². The van der Waals surface area contributed by atoms with Crippen LogP contribution in [-0.2, 0) is 7.05 Å². The van der Waals surface area contributed by atoms with E-state index in [0.717, 1.165) is 10.9 Å². The molecule has 0 unspecified atom stereocenters. The summed E-state index contributed by atoms with van der Waals surface area (Å²) in [6.07, 6.45) is 6.48. The Morgan fingerprint density at radius 1 is 1.77 bits per heavy atom. The molecule has 13 heavy (non-hydrogen) atoms. The minimum atomic E-state index is 0.696. The second-order valence-electron chi connectivity index (χ2n) is 3.43. The van der Waals surface area contributed by atoms with Gasteiger partial charge in [-0.2, -0.15) is 0 Å². The van der Waals surface area contributed by atoms with Crippen LogP contribution in [0.1, 0.15) is 12.8 Å². The molecule has 1 aromatic rings. The summed E-state index contributed by atoms with van der Waals surface area (Å²) in [5.74, 6) is 1.14. The van der Waals surface area contributed by atoms with Crippen molar-refractivity contribution in [2.45, 2.75) is 24.0 Å². The Morgan fingerprint density at radius 3 is 3.31 bits per heavy atom. The van der Waals surface area contributed by atoms with E-state index in [2.05, 4.69) is 14.9 Å². The molecule has 0 spiro atoms. The predicted octanol–water partition coefficient (Wildman–Crippen LogP) is 1.26. The number of thioether (sulfide) groups is 1. The third-order valence-electron chi connectivity index (χ3n) is 2.35. The van der Waals surface area contributed by atoms with Gasteiger partial charge in [-0.1, -0.05) is 11.8 Å². The van der Waals surface area contributed by atoms with Gasteiger partial charge >= 0.3 is 0 Å². The lowest BCUT2D eigenvalue weighted by Gasteiger charge is -2.08. The van der Waals surface area contributed by atoms with E-state index in [1.165, 1.54) is 19.4 Å². The van der Waals surface area contributed by atoms with Gasteiger partial charge in [0.2, 0.25) is 0 Å². The molecule has 0 amide bonds. The molecule has 0 saturated carbocycles. The van der Waals surface area contributed by atoms with Gasteiger partial charge in [-0.25, -0.2) is 4.98 Å². The van der Waals surface area contributed by atoms with Crippen molar-refractivity contribution < 1.29 is 0 Å². The lowest BCUT2D eigenvalue weighted by molar-refractivity contribution is 0.671. The Morgan fingerprint density at radius 2 is 2.69 bits per heavy atom. The first-order valence-electron chi connectivity index (χ1n) is 4.70. The Bertz CT molecular complexity index is 266. The summed E-state index contributed by atoms with van der Waals surface area (Å²) >= 11 is 1.84. The van der Waals surface area contributed by atoms with Gasteiger partial charge < -0.3 is 9.88 Å². The van der Waals surface area contributed by atoms with Gasteiger partial charge in [0.05, 0.1) is 0 Å². The van der Waals surface area contributed by atoms with Crippen molar-refractivity contribution in [3.05, 3.63) is 12.4 Å². The fraction of sp³-hybridized carbons (Fsp3) is 0.667. The highest BCUT2D eigenvalue weighted by Crippen LogP contribution is 2.18. The second-order valence-corrected chi connectivity index (χ2v) is 4.41. The number of aromatic nitrogens is 2. The molecular weight excluding hydrogens is 182 g/mol. The lowest BCUT2D eigenvalue weighted by atomic mass is 10.3. The molecule has 1 saturated heterocycles. The third kappa shape index (κ3) is 2.25. The predicted molar refractivity (Wildman–Crippen MR) is 55.0 cm³/mol. The zero-order valence-electron chi connectivity index (χ0n) is 7.86. The van der Waals surface area contributed by atoms with Crippen molar-refractivity contribution in [3.8, 4) is 0 Å². The Labute approximate surface area is 82.9 Å². The molecule has 1 atom stereocenters. The van der Waals surface area contributed by atoms with Crippen LogP contribution in [0.4, 0.5) is 0 Å². The van der Waals surface area contributed by atoms with Crippen LogP contribution in [-0.4, -0.2) is 27.9 Å². The summed E-state index contributed by atoms with van der Waals surface area (Å²) in [7, 11) is 2.04. The average molecular weight is 197 g/mol. The molecule has 72 valence electrons. The smallest absolute Gasteiger partial charge is 0.167 e. The highest BCUT2D eigenvalue weighted by atomic mass is 32.2. The molecule has 1 aliphatic heterocycles. The summed E-state index contributed by atoms with van der Waals surface area (Å²) in [6, 6.07) is 0.696. The number of hydrogen-bond donors (Lipinski definition) is 1. The zero-order valence-corrected chi connectivity index (χ0v) is 8.68. The van der Waals surface area contributed by atoms with Crippen LogP contribution >= 0.6 is 11.8 Å². The van der Waals surface area contributed by atoms with Crippen molar-refractivity contribution in [1.29, 1.82) is 0 Å². The number of nitrogens with one attached hydrogen (secondary N) is 1. The first-order valence-corrected chi connectivity index (χ1v) is 5.68. The van der Waals surface area contributed by atoms with E-state index in [9.17, 15) is 0 Å². The minimum Gasteiger partial charge on any atom is -0.329 e. The summed E-state index contributed by atoms with van der Waals surface area (Å²) in [4.78, 5) is 4.27. The van der Waals surface area contributed by atoms with E-state index in [4.69, 9.17) is 0 Å². The number of hydrogen-bond acceptors (Lipinski definition) is 3. The van der Waals surface area contributed by atoms with Gasteiger partial charge in [-0.15, -0.1) is 0 Å². The summed E-state index contributed by atoms with van der Waals surface area (Å²) < 4.78 is 2.07. The van der Waals surface area contributed by atoms with E-state index in [1.54, 1.807) is 0 Å². The highest BCUT2D eigenvalue weighted by molar-refractivity contribution is 7.99. The molecule has 0 radical (unpaired) electrons. The zero-order chi connectivity index (χ0) is 9.10. The molecule has 0 aliphatic carbocycles. The van der Waals surface area contributed by atoms with Gasteiger partial charge in [0.15, 0.2) is 5.16 Å². The quantitative estimate of drug-likeness (QED) is 0.740. The molecule has 2 rings (SSSR count). The van der Waals surface area contributed by atoms with Crippen LogP contribution in [0, 0.1) is 0 Å². The molecule has 1 N–H and O–H groups in total. The van der Waals surface area contributed by atoms with Gasteiger partial charge in [-0.05, 0) is 19.4 Å². The average Bonchev–Trinajstić information content (AvgIpc) is 2.72. The SMILES string of the molecule is Cn1ccnc1SC[C@H]1CCCN1. The standard InChI is InChI=1S/C9H15N3S/c1-12-6-5-11-9(12)13-7-8-3-2-4-10-8/h5-6,8,10H,2-4,7H2,1H3/t8-/m1/s1. The van der Waals surface area contributed by atoms with Gasteiger partial charge in [-0.3, -0.25) is 0 Å². The van der Waals surface area contributed by atoms with Crippen molar-refractivity contribution >= 4 is 11.8 Å². The summed E-state index contributed by atoms with van der Waals surface area (Å²) in [6.45, 7) is 1.19. The Balaban J connectivity index is 1.82. The van der Waals surface area contributed by atoms with E-state index in [0.29, 0.717) is 6.04 Å². The Hall–Kier alpha value is -0.480. The van der Waals surface area contributed by atoms with Crippen LogP contribution in [0.25, 0.3) is 0 Å². The molecule has 2 heterocycles. The van der Waals surface area contributed by atoms with Gasteiger partial charge in [0.25, 0.3) is 0 Å². The van der Waals surface area contributed by atoms with E-state index in [-0.39, 0.29) is 0 Å². The Kier molecular flexibility index (Phi) is 2.90. The molecule has 1 aromatic heterocycles. The number of aryl methyl sites for hydroxylation is 1. The van der Waals surface area contributed by atoms with E-state index < -0.39 is 0 Å². The molecule has 3 nitrogen and oxygen atoms in total. The van der Waals surface area contributed by atoms with Crippen LogP contribution < -0.4 is 5.32 Å². The molecule has 1 fully saturated rings. The van der Waals surface area contributed by atoms with Crippen molar-refractivity contribution in [2.75, 3.05) is 12.3 Å². The topological polar surface area (TPSA) is 29.9 Å². The molecule has 0 bridgehead atoms. The van der Waals surface area contributed by atoms with E-state index >= 15 is 0 Å². The first-order chi connectivity index (χ1) is 6.36. The number of imidazole rings is 1. The third-order valence-corrected chi connectivity index (χ3v) is 3.57.